The zero-order valence-electron chi connectivity index (χ0n) is 17.4. The molecule has 31 heavy (non-hydrogen) atoms. The Morgan fingerprint density at radius 2 is 1.81 bits per heavy atom. The van der Waals surface area contributed by atoms with Crippen LogP contribution in [0.25, 0.3) is 0 Å². The summed E-state index contributed by atoms with van der Waals surface area (Å²) in [7, 11) is -3.67. The number of nitrogens with one attached hydrogen (secondary N) is 1. The average molecular weight is 447 g/mol. The van der Waals surface area contributed by atoms with E-state index in [2.05, 4.69) is 5.32 Å². The van der Waals surface area contributed by atoms with Crippen LogP contribution < -0.4 is 19.5 Å². The lowest BCUT2D eigenvalue weighted by Gasteiger charge is -2.31. The van der Waals surface area contributed by atoms with Gasteiger partial charge in [0.15, 0.2) is 11.5 Å². The van der Waals surface area contributed by atoms with Crippen LogP contribution in [0.1, 0.15) is 19.8 Å². The van der Waals surface area contributed by atoms with Crippen molar-refractivity contribution in [2.45, 2.75) is 24.7 Å². The van der Waals surface area contributed by atoms with E-state index in [4.69, 9.17) is 14.2 Å². The largest absolute Gasteiger partial charge is 0.492 e. The van der Waals surface area contributed by atoms with Gasteiger partial charge in [0.1, 0.15) is 19.0 Å². The fourth-order valence-corrected chi connectivity index (χ4v) is 5.26. The average Bonchev–Trinajstić information content (AvgIpc) is 2.80. The molecule has 0 bridgehead atoms. The number of anilines is 1. The number of fused-ring (bicyclic) bond motifs is 1. The lowest BCUT2D eigenvalue weighted by molar-refractivity contribution is -0.120. The number of rotatable bonds is 6. The first-order chi connectivity index (χ1) is 15.0. The molecule has 0 aliphatic carbocycles. The Hall–Kier alpha value is -2.78. The van der Waals surface area contributed by atoms with Gasteiger partial charge in [-0.05, 0) is 44.0 Å². The standard InChI is InChI=1S/C22H26N2O6S/c1-2-28-19-6-4-3-5-18(19)23-22(25)16-9-11-24(12-10-16)31(26,27)17-7-8-20-21(15-17)30-14-13-29-20/h3-8,15-16H,2,9-14H2,1H3,(H,23,25). The van der Waals surface area contributed by atoms with Crippen molar-refractivity contribution < 1.29 is 27.4 Å². The van der Waals surface area contributed by atoms with E-state index < -0.39 is 10.0 Å². The van der Waals surface area contributed by atoms with Gasteiger partial charge in [0, 0.05) is 25.1 Å². The Morgan fingerprint density at radius 1 is 1.10 bits per heavy atom. The molecule has 9 heteroatoms. The lowest BCUT2D eigenvalue weighted by atomic mass is 9.97. The van der Waals surface area contributed by atoms with E-state index in [1.165, 1.54) is 16.4 Å². The Balaban J connectivity index is 1.39. The van der Waals surface area contributed by atoms with Crippen molar-refractivity contribution in [3.63, 3.8) is 0 Å². The van der Waals surface area contributed by atoms with Gasteiger partial charge in [-0.25, -0.2) is 8.42 Å². The smallest absolute Gasteiger partial charge is 0.243 e. The third-order valence-electron chi connectivity index (χ3n) is 5.42. The maximum atomic E-state index is 13.1. The van der Waals surface area contributed by atoms with Gasteiger partial charge >= 0.3 is 0 Å². The number of hydrogen-bond donors (Lipinski definition) is 1. The van der Waals surface area contributed by atoms with Crippen molar-refractivity contribution >= 4 is 21.6 Å². The summed E-state index contributed by atoms with van der Waals surface area (Å²) in [5, 5.41) is 2.92. The number of carbonyl (C=O) groups is 1. The third kappa shape index (κ3) is 4.62. The van der Waals surface area contributed by atoms with Gasteiger partial charge in [-0.1, -0.05) is 12.1 Å². The maximum absolute atomic E-state index is 13.1. The van der Waals surface area contributed by atoms with E-state index in [-0.39, 0.29) is 29.8 Å². The molecule has 1 amide bonds. The molecule has 2 aromatic carbocycles. The molecule has 2 heterocycles. The summed E-state index contributed by atoms with van der Waals surface area (Å²) in [5.41, 5.74) is 0.626. The van der Waals surface area contributed by atoms with Crippen molar-refractivity contribution in [2.75, 3.05) is 38.2 Å². The van der Waals surface area contributed by atoms with Crippen molar-refractivity contribution in [3.8, 4) is 17.2 Å². The van der Waals surface area contributed by atoms with Crippen LogP contribution in [0.2, 0.25) is 0 Å². The first kappa shape index (κ1) is 21.5. The van der Waals surface area contributed by atoms with Crippen LogP contribution in [0, 0.1) is 5.92 Å². The zero-order chi connectivity index (χ0) is 21.8. The summed E-state index contributed by atoms with van der Waals surface area (Å²) >= 11 is 0. The fraction of sp³-hybridized carbons (Fsp3) is 0.409. The highest BCUT2D eigenvalue weighted by atomic mass is 32.2. The van der Waals surface area contributed by atoms with E-state index in [0.717, 1.165) is 0 Å². The molecular weight excluding hydrogens is 420 g/mol. The second-order valence-corrected chi connectivity index (χ2v) is 9.34. The van der Waals surface area contributed by atoms with E-state index in [9.17, 15) is 13.2 Å². The molecule has 1 saturated heterocycles. The van der Waals surface area contributed by atoms with E-state index in [1.807, 2.05) is 25.1 Å². The SMILES string of the molecule is CCOc1ccccc1NC(=O)C1CCN(S(=O)(=O)c2ccc3c(c2)OCCO3)CC1. The van der Waals surface area contributed by atoms with Crippen LogP contribution in [0.4, 0.5) is 5.69 Å². The molecule has 0 unspecified atom stereocenters. The highest BCUT2D eigenvalue weighted by Crippen LogP contribution is 2.34. The highest BCUT2D eigenvalue weighted by molar-refractivity contribution is 7.89. The van der Waals surface area contributed by atoms with Gasteiger partial charge in [0.05, 0.1) is 17.2 Å². The summed E-state index contributed by atoms with van der Waals surface area (Å²) in [6.07, 6.45) is 0.902. The predicted octanol–water partition coefficient (Wildman–Crippen LogP) is 2.90. The number of hydrogen-bond acceptors (Lipinski definition) is 6. The first-order valence-corrected chi connectivity index (χ1v) is 11.9. The first-order valence-electron chi connectivity index (χ1n) is 10.4. The third-order valence-corrected chi connectivity index (χ3v) is 7.32. The normalized spacial score (nSPS) is 17.2. The van der Waals surface area contributed by atoms with Gasteiger partial charge < -0.3 is 19.5 Å². The molecule has 4 rings (SSSR count). The molecule has 0 spiro atoms. The fourth-order valence-electron chi connectivity index (χ4n) is 3.78. The number of carbonyl (C=O) groups excluding carboxylic acids is 1. The Labute approximate surface area is 182 Å². The van der Waals surface area contributed by atoms with Crippen molar-refractivity contribution in [1.29, 1.82) is 0 Å². The van der Waals surface area contributed by atoms with E-state index >= 15 is 0 Å². The Kier molecular flexibility index (Phi) is 6.33. The van der Waals surface area contributed by atoms with Crippen LogP contribution in [0.3, 0.4) is 0 Å². The topological polar surface area (TPSA) is 94.2 Å². The number of amides is 1. The molecule has 2 aromatic rings. The monoisotopic (exact) mass is 446 g/mol. The maximum Gasteiger partial charge on any atom is 0.243 e. The molecule has 0 aromatic heterocycles. The van der Waals surface area contributed by atoms with Crippen LogP contribution in [0.15, 0.2) is 47.4 Å². The second-order valence-electron chi connectivity index (χ2n) is 7.40. The van der Waals surface area contributed by atoms with Crippen LogP contribution >= 0.6 is 0 Å². The van der Waals surface area contributed by atoms with Crippen molar-refractivity contribution in [1.82, 2.24) is 4.31 Å². The minimum atomic E-state index is -3.67. The predicted molar refractivity (Wildman–Crippen MR) is 115 cm³/mol. The van der Waals surface area contributed by atoms with Crippen molar-refractivity contribution in [3.05, 3.63) is 42.5 Å². The summed E-state index contributed by atoms with van der Waals surface area (Å²) in [6, 6.07) is 11.9. The van der Waals surface area contributed by atoms with Crippen molar-refractivity contribution in [2.24, 2.45) is 5.92 Å². The molecule has 0 radical (unpaired) electrons. The Morgan fingerprint density at radius 3 is 2.55 bits per heavy atom. The molecule has 2 aliphatic rings. The quantitative estimate of drug-likeness (QED) is 0.733. The number of piperidine rings is 1. The minimum absolute atomic E-state index is 0.122. The number of para-hydroxylation sites is 2. The number of sulfonamides is 1. The summed E-state index contributed by atoms with van der Waals surface area (Å²) < 4.78 is 44.1. The second kappa shape index (κ2) is 9.15. The van der Waals surface area contributed by atoms with Gasteiger partial charge in [-0.15, -0.1) is 0 Å². The molecule has 0 saturated carbocycles. The highest BCUT2D eigenvalue weighted by Gasteiger charge is 2.33. The molecule has 0 atom stereocenters. The van der Waals surface area contributed by atoms with Gasteiger partial charge in [0.25, 0.3) is 0 Å². The van der Waals surface area contributed by atoms with Crippen LogP contribution in [0.5, 0.6) is 17.2 Å². The van der Waals surface area contributed by atoms with Crippen LogP contribution in [-0.2, 0) is 14.8 Å². The summed E-state index contributed by atoms with van der Waals surface area (Å²) in [4.78, 5) is 12.9. The van der Waals surface area contributed by atoms with Gasteiger partial charge in [-0.2, -0.15) is 4.31 Å². The number of benzene rings is 2. The van der Waals surface area contributed by atoms with E-state index in [0.29, 0.717) is 55.6 Å². The molecule has 166 valence electrons. The number of ether oxygens (including phenoxy) is 3. The molecule has 8 nitrogen and oxygen atoms in total. The molecule has 1 fully saturated rings. The van der Waals surface area contributed by atoms with Gasteiger partial charge in [-0.3, -0.25) is 4.79 Å². The van der Waals surface area contributed by atoms with Crippen LogP contribution in [-0.4, -0.2) is 51.5 Å². The number of nitrogens with zero attached hydrogens (tertiary/aromatic N) is 1. The molecule has 1 N–H and O–H groups in total. The zero-order valence-corrected chi connectivity index (χ0v) is 18.2. The van der Waals surface area contributed by atoms with E-state index in [1.54, 1.807) is 12.1 Å². The Bertz CT molecular complexity index is 1050. The minimum Gasteiger partial charge on any atom is -0.492 e. The van der Waals surface area contributed by atoms with Gasteiger partial charge in [0.2, 0.25) is 15.9 Å². The molecule has 2 aliphatic heterocycles. The summed E-state index contributed by atoms with van der Waals surface area (Å²) in [6.45, 7) is 3.79. The lowest BCUT2D eigenvalue weighted by Crippen LogP contribution is -2.41. The molecular formula is C22H26N2O6S. The summed E-state index contributed by atoms with van der Waals surface area (Å²) in [5.74, 6) is 1.23.